The molecule has 1 N–H and O–H groups in total. The van der Waals surface area contributed by atoms with Gasteiger partial charge >= 0.3 is 5.97 Å². The molecule has 0 bridgehead atoms. The lowest BCUT2D eigenvalue weighted by molar-refractivity contribution is -0.137. The van der Waals surface area contributed by atoms with Crippen molar-refractivity contribution in [1.29, 1.82) is 0 Å². The van der Waals surface area contributed by atoms with Crippen molar-refractivity contribution in [3.63, 3.8) is 0 Å². The van der Waals surface area contributed by atoms with Crippen molar-refractivity contribution in [2.24, 2.45) is 5.92 Å². The first-order valence-electron chi connectivity index (χ1n) is 10.4. The third kappa shape index (κ3) is 6.01. The normalized spacial score (nSPS) is 18.4. The number of unbranched alkanes of at least 4 members (excludes halogenated alkanes) is 1. The number of carboxylic acid groups (broad SMARTS) is 1. The number of rotatable bonds is 9. The van der Waals surface area contributed by atoms with E-state index in [0.717, 1.165) is 35.5 Å². The highest BCUT2D eigenvalue weighted by Gasteiger charge is 2.29. The average molecular weight is 466 g/mol. The zero-order valence-electron chi connectivity index (χ0n) is 17.8. The molecule has 1 heterocycles. The number of carboxylic acids is 1. The van der Waals surface area contributed by atoms with Crippen LogP contribution < -0.4 is 9.64 Å². The first kappa shape index (κ1) is 23.6. The fraction of sp³-hybridized carbons (Fsp3) is 0.435. The minimum Gasteiger partial charge on any atom is -0.492 e. The zero-order valence-corrected chi connectivity index (χ0v) is 19.4. The second kappa shape index (κ2) is 11.0. The topological polar surface area (TPSA) is 66.8 Å². The van der Waals surface area contributed by atoms with Gasteiger partial charge in [-0.05, 0) is 55.0 Å². The standard InChI is InChI=1S/C23H28FNO4S2/c1-3-4-5-16-14-25(18-8-6-17(24)7-9-18)19-12-21(30-2)20(29-11-10-23(26)27)13-22(19)31(28)15-16/h6-9,12-13,16H,3-5,10-11,14-15H2,1-2H3,(H,26,27). The molecule has 2 unspecified atom stereocenters. The van der Waals surface area contributed by atoms with E-state index in [1.807, 2.05) is 12.3 Å². The summed E-state index contributed by atoms with van der Waals surface area (Å²) in [6.07, 6.45) is 4.94. The lowest BCUT2D eigenvalue weighted by Gasteiger charge is -2.28. The van der Waals surface area contributed by atoms with Crippen molar-refractivity contribution < 1.29 is 23.2 Å². The Balaban J connectivity index is 2.04. The second-order valence-electron chi connectivity index (χ2n) is 7.57. The number of aliphatic carboxylic acids is 1. The summed E-state index contributed by atoms with van der Waals surface area (Å²) in [4.78, 5) is 14.5. The van der Waals surface area contributed by atoms with Gasteiger partial charge in [0.2, 0.25) is 0 Å². The van der Waals surface area contributed by atoms with Crippen molar-refractivity contribution in [3.05, 3.63) is 42.2 Å². The number of hydrogen-bond donors (Lipinski definition) is 1. The molecule has 168 valence electrons. The maximum absolute atomic E-state index is 13.6. The van der Waals surface area contributed by atoms with Crippen LogP contribution in [0.2, 0.25) is 0 Å². The molecule has 0 aliphatic carbocycles. The summed E-state index contributed by atoms with van der Waals surface area (Å²) >= 11 is 1.49. The summed E-state index contributed by atoms with van der Waals surface area (Å²) < 4.78 is 32.6. The Kier molecular flexibility index (Phi) is 8.37. The summed E-state index contributed by atoms with van der Waals surface area (Å²) in [7, 11) is -1.22. The van der Waals surface area contributed by atoms with E-state index in [-0.39, 0.29) is 24.8 Å². The second-order valence-corrected chi connectivity index (χ2v) is 9.88. The van der Waals surface area contributed by atoms with E-state index in [0.29, 0.717) is 22.9 Å². The molecule has 2 aromatic carbocycles. The van der Waals surface area contributed by atoms with Crippen LogP contribution in [0.1, 0.15) is 32.6 Å². The van der Waals surface area contributed by atoms with Gasteiger partial charge in [0, 0.05) is 18.0 Å². The number of fused-ring (bicyclic) bond motifs is 1. The molecule has 1 aliphatic rings. The third-order valence-electron chi connectivity index (χ3n) is 5.29. The summed E-state index contributed by atoms with van der Waals surface area (Å²) in [6, 6.07) is 10.1. The molecule has 0 fully saturated rings. The molecule has 0 saturated heterocycles. The zero-order chi connectivity index (χ0) is 22.4. The number of carbonyl (C=O) groups is 1. The summed E-state index contributed by atoms with van der Waals surface area (Å²) in [5.41, 5.74) is 1.69. The largest absolute Gasteiger partial charge is 0.492 e. The van der Waals surface area contributed by atoms with Crippen molar-refractivity contribution in [3.8, 4) is 5.75 Å². The monoisotopic (exact) mass is 465 g/mol. The molecule has 0 spiro atoms. The molecule has 0 saturated carbocycles. The van der Waals surface area contributed by atoms with Crippen LogP contribution in [0.4, 0.5) is 15.8 Å². The quantitative estimate of drug-likeness (QED) is 0.496. The lowest BCUT2D eigenvalue weighted by Crippen LogP contribution is -2.25. The van der Waals surface area contributed by atoms with Gasteiger partial charge in [0.15, 0.2) is 0 Å². The number of benzene rings is 2. The van der Waals surface area contributed by atoms with Gasteiger partial charge in [0.1, 0.15) is 11.6 Å². The van der Waals surface area contributed by atoms with Gasteiger partial charge in [-0.15, -0.1) is 11.8 Å². The van der Waals surface area contributed by atoms with Crippen molar-refractivity contribution in [1.82, 2.24) is 0 Å². The number of thioether (sulfide) groups is 1. The van der Waals surface area contributed by atoms with E-state index in [1.54, 1.807) is 18.2 Å². The number of ether oxygens (including phenoxy) is 1. The van der Waals surface area contributed by atoms with E-state index >= 15 is 0 Å². The van der Waals surface area contributed by atoms with Crippen LogP contribution in [0, 0.1) is 11.7 Å². The van der Waals surface area contributed by atoms with Crippen LogP contribution in [-0.4, -0.2) is 40.4 Å². The summed E-state index contributed by atoms with van der Waals surface area (Å²) in [5, 5.41) is 8.90. The predicted molar refractivity (Wildman–Crippen MR) is 124 cm³/mol. The minimum atomic E-state index is -1.22. The molecular weight excluding hydrogens is 437 g/mol. The Morgan fingerprint density at radius 3 is 2.71 bits per heavy atom. The smallest absolute Gasteiger partial charge is 0.306 e. The highest BCUT2D eigenvalue weighted by atomic mass is 32.2. The van der Waals surface area contributed by atoms with Crippen molar-refractivity contribution >= 4 is 39.9 Å². The van der Waals surface area contributed by atoms with E-state index < -0.39 is 16.8 Å². The van der Waals surface area contributed by atoms with E-state index in [4.69, 9.17) is 9.84 Å². The van der Waals surface area contributed by atoms with Crippen LogP contribution in [0.5, 0.6) is 5.75 Å². The third-order valence-corrected chi connectivity index (χ3v) is 7.64. The van der Waals surface area contributed by atoms with Crippen LogP contribution in [0.15, 0.2) is 46.2 Å². The fourth-order valence-electron chi connectivity index (χ4n) is 3.69. The Morgan fingerprint density at radius 2 is 2.06 bits per heavy atom. The SMILES string of the molecule is CCCCC1CN(c2ccc(F)cc2)c2cc(SC)c(OCCC(=O)O)cc2S(=O)C1. The van der Waals surface area contributed by atoms with Gasteiger partial charge in [-0.25, -0.2) is 4.39 Å². The first-order valence-corrected chi connectivity index (χ1v) is 12.9. The number of anilines is 2. The molecule has 5 nitrogen and oxygen atoms in total. The van der Waals surface area contributed by atoms with Crippen molar-refractivity contribution in [2.45, 2.75) is 42.4 Å². The molecule has 0 aromatic heterocycles. The summed E-state index contributed by atoms with van der Waals surface area (Å²) in [6.45, 7) is 2.90. The Morgan fingerprint density at radius 1 is 1.32 bits per heavy atom. The predicted octanol–water partition coefficient (Wildman–Crippen LogP) is 5.47. The Bertz CT molecular complexity index is 936. The maximum Gasteiger partial charge on any atom is 0.306 e. The van der Waals surface area contributed by atoms with E-state index in [1.165, 1.54) is 23.9 Å². The van der Waals surface area contributed by atoms with Gasteiger partial charge in [0.05, 0.1) is 39.3 Å². The average Bonchev–Trinajstić information content (AvgIpc) is 2.88. The van der Waals surface area contributed by atoms with Gasteiger partial charge in [-0.3, -0.25) is 9.00 Å². The molecule has 1 aliphatic heterocycles. The van der Waals surface area contributed by atoms with E-state index in [2.05, 4.69) is 11.8 Å². The maximum atomic E-state index is 13.6. The van der Waals surface area contributed by atoms with Crippen LogP contribution >= 0.6 is 11.8 Å². The van der Waals surface area contributed by atoms with Crippen LogP contribution in [0.25, 0.3) is 0 Å². The number of hydrogen-bond acceptors (Lipinski definition) is 5. The molecule has 0 radical (unpaired) electrons. The molecule has 2 aromatic rings. The molecule has 8 heteroatoms. The number of halogens is 1. The molecule has 2 atom stereocenters. The Hall–Kier alpha value is -2.06. The number of nitrogens with zero attached hydrogens (tertiary/aromatic N) is 1. The molecule has 0 amide bonds. The van der Waals surface area contributed by atoms with Gasteiger partial charge < -0.3 is 14.7 Å². The fourth-order valence-corrected chi connectivity index (χ4v) is 5.76. The highest BCUT2D eigenvalue weighted by Crippen LogP contribution is 2.42. The molecular formula is C23H28FNO4S2. The molecule has 3 rings (SSSR count). The van der Waals surface area contributed by atoms with Gasteiger partial charge in [0.25, 0.3) is 0 Å². The minimum absolute atomic E-state index is 0.0507. The van der Waals surface area contributed by atoms with Gasteiger partial charge in [-0.2, -0.15) is 0 Å². The van der Waals surface area contributed by atoms with Crippen molar-refractivity contribution in [2.75, 3.05) is 30.1 Å². The Labute approximate surface area is 189 Å². The van der Waals surface area contributed by atoms with Gasteiger partial charge in [-0.1, -0.05) is 19.8 Å². The summed E-state index contributed by atoms with van der Waals surface area (Å²) in [5.74, 6) is 0.124. The first-order chi connectivity index (χ1) is 14.9. The van der Waals surface area contributed by atoms with E-state index in [9.17, 15) is 13.4 Å². The molecule has 31 heavy (non-hydrogen) atoms. The van der Waals surface area contributed by atoms with Crippen LogP contribution in [-0.2, 0) is 15.6 Å². The van der Waals surface area contributed by atoms with Crippen LogP contribution in [0.3, 0.4) is 0 Å². The lowest BCUT2D eigenvalue weighted by atomic mass is 10.0. The highest BCUT2D eigenvalue weighted by molar-refractivity contribution is 7.98.